The van der Waals surface area contributed by atoms with Crippen LogP contribution in [-0.4, -0.2) is 11.8 Å². The molecule has 7 heteroatoms. The SMILES string of the molecule is O=C1NN(c2ccccc2)C(=O)/C1=C/c1ccccc1OCc1ccc(Cl)c(Cl)c1. The van der Waals surface area contributed by atoms with Crippen LogP contribution in [0.3, 0.4) is 0 Å². The van der Waals surface area contributed by atoms with Crippen LogP contribution in [0.1, 0.15) is 11.1 Å². The molecule has 1 aliphatic heterocycles. The van der Waals surface area contributed by atoms with Crippen LogP contribution in [0.5, 0.6) is 5.75 Å². The molecule has 2 amide bonds. The van der Waals surface area contributed by atoms with Gasteiger partial charge >= 0.3 is 0 Å². The van der Waals surface area contributed by atoms with E-state index in [0.29, 0.717) is 27.0 Å². The molecule has 1 heterocycles. The number of hydrazine groups is 1. The third-order valence-corrected chi connectivity index (χ3v) is 5.24. The lowest BCUT2D eigenvalue weighted by molar-refractivity contribution is -0.117. The fourth-order valence-corrected chi connectivity index (χ4v) is 3.31. The van der Waals surface area contributed by atoms with Crippen LogP contribution in [0.4, 0.5) is 5.69 Å². The number of hydrogen-bond acceptors (Lipinski definition) is 3. The zero-order valence-electron chi connectivity index (χ0n) is 15.6. The molecule has 1 fully saturated rings. The van der Waals surface area contributed by atoms with Gasteiger partial charge in [0.15, 0.2) is 0 Å². The lowest BCUT2D eigenvalue weighted by Gasteiger charge is -2.14. The molecule has 0 aliphatic carbocycles. The van der Waals surface area contributed by atoms with Crippen molar-refractivity contribution in [2.75, 3.05) is 5.01 Å². The summed E-state index contributed by atoms with van der Waals surface area (Å²) in [5, 5.41) is 2.15. The molecular formula is C23H16Cl2N2O3. The number of nitrogens with zero attached hydrogens (tertiary/aromatic N) is 1. The molecule has 0 unspecified atom stereocenters. The summed E-state index contributed by atoms with van der Waals surface area (Å²) in [4.78, 5) is 25.2. The molecule has 0 spiro atoms. The number of ether oxygens (including phenoxy) is 1. The van der Waals surface area contributed by atoms with Crippen molar-refractivity contribution in [2.45, 2.75) is 6.61 Å². The zero-order valence-corrected chi connectivity index (χ0v) is 17.2. The number of carbonyl (C=O) groups is 2. The monoisotopic (exact) mass is 438 g/mol. The van der Waals surface area contributed by atoms with Crippen molar-refractivity contribution in [1.82, 2.24) is 5.43 Å². The Kier molecular flexibility index (Phi) is 5.74. The number of carbonyl (C=O) groups excluding carboxylic acids is 2. The molecule has 1 saturated heterocycles. The highest BCUT2D eigenvalue weighted by Gasteiger charge is 2.34. The Hall–Kier alpha value is -3.28. The van der Waals surface area contributed by atoms with Gasteiger partial charge in [0.05, 0.1) is 15.7 Å². The van der Waals surface area contributed by atoms with E-state index in [1.165, 1.54) is 11.1 Å². The summed E-state index contributed by atoms with van der Waals surface area (Å²) in [5.41, 5.74) is 4.67. The van der Waals surface area contributed by atoms with E-state index in [1.807, 2.05) is 24.3 Å². The van der Waals surface area contributed by atoms with E-state index < -0.39 is 11.8 Å². The fourth-order valence-electron chi connectivity index (χ4n) is 2.99. The first kappa shape index (κ1) is 20.0. The van der Waals surface area contributed by atoms with Gasteiger partial charge in [-0.3, -0.25) is 15.0 Å². The topological polar surface area (TPSA) is 58.6 Å². The number of para-hydroxylation sites is 2. The maximum atomic E-state index is 12.8. The molecule has 0 aromatic heterocycles. The van der Waals surface area contributed by atoms with Crippen LogP contribution < -0.4 is 15.2 Å². The number of halogens is 2. The zero-order chi connectivity index (χ0) is 21.1. The second-order valence-corrected chi connectivity index (χ2v) is 7.36. The molecule has 30 heavy (non-hydrogen) atoms. The normalized spacial score (nSPS) is 14.9. The second kappa shape index (κ2) is 8.61. The first-order valence-electron chi connectivity index (χ1n) is 9.11. The van der Waals surface area contributed by atoms with Gasteiger partial charge in [-0.05, 0) is 42.0 Å². The number of amides is 2. The predicted molar refractivity (Wildman–Crippen MR) is 117 cm³/mol. The summed E-state index contributed by atoms with van der Waals surface area (Å²) in [5.74, 6) is -0.358. The molecule has 1 N–H and O–H groups in total. The molecule has 0 radical (unpaired) electrons. The van der Waals surface area contributed by atoms with Crippen LogP contribution in [0.2, 0.25) is 10.0 Å². The van der Waals surface area contributed by atoms with Gasteiger partial charge in [-0.1, -0.05) is 65.7 Å². The number of hydrogen-bond donors (Lipinski definition) is 1. The first-order valence-corrected chi connectivity index (χ1v) is 9.86. The van der Waals surface area contributed by atoms with Gasteiger partial charge in [0.1, 0.15) is 17.9 Å². The second-order valence-electron chi connectivity index (χ2n) is 6.55. The molecule has 0 atom stereocenters. The van der Waals surface area contributed by atoms with E-state index in [4.69, 9.17) is 27.9 Å². The Morgan fingerprint density at radius 3 is 2.40 bits per heavy atom. The van der Waals surface area contributed by atoms with E-state index >= 15 is 0 Å². The van der Waals surface area contributed by atoms with Crippen LogP contribution in [-0.2, 0) is 16.2 Å². The lowest BCUT2D eigenvalue weighted by atomic mass is 10.1. The van der Waals surface area contributed by atoms with Gasteiger partial charge < -0.3 is 4.74 Å². The minimum atomic E-state index is -0.469. The summed E-state index contributed by atoms with van der Waals surface area (Å²) in [6.07, 6.45) is 1.53. The summed E-state index contributed by atoms with van der Waals surface area (Å²) >= 11 is 12.0. The molecular weight excluding hydrogens is 423 g/mol. The molecule has 1 aliphatic rings. The van der Waals surface area contributed by atoms with Crippen molar-refractivity contribution in [3.8, 4) is 5.75 Å². The molecule has 3 aromatic rings. The van der Waals surface area contributed by atoms with E-state index in [-0.39, 0.29) is 12.2 Å². The fraction of sp³-hybridized carbons (Fsp3) is 0.0435. The molecule has 150 valence electrons. The smallest absolute Gasteiger partial charge is 0.282 e. The van der Waals surface area contributed by atoms with Crippen LogP contribution in [0.25, 0.3) is 6.08 Å². The predicted octanol–water partition coefficient (Wildman–Crippen LogP) is 5.03. The Balaban J connectivity index is 1.57. The van der Waals surface area contributed by atoms with E-state index in [9.17, 15) is 9.59 Å². The minimum absolute atomic E-state index is 0.0319. The average Bonchev–Trinajstić information content (AvgIpc) is 3.04. The average molecular weight is 439 g/mol. The van der Waals surface area contributed by atoms with Gasteiger partial charge in [-0.15, -0.1) is 0 Å². The van der Waals surface area contributed by atoms with Gasteiger partial charge in [0.2, 0.25) is 0 Å². The van der Waals surface area contributed by atoms with Crippen molar-refractivity contribution < 1.29 is 14.3 Å². The molecule has 3 aromatic carbocycles. The molecule has 0 saturated carbocycles. The van der Waals surface area contributed by atoms with Crippen molar-refractivity contribution in [3.05, 3.63) is 99.5 Å². The van der Waals surface area contributed by atoms with Crippen LogP contribution in [0, 0.1) is 0 Å². The molecule has 0 bridgehead atoms. The van der Waals surface area contributed by atoms with Crippen molar-refractivity contribution in [2.24, 2.45) is 0 Å². The van der Waals surface area contributed by atoms with Crippen LogP contribution >= 0.6 is 23.2 Å². The Morgan fingerprint density at radius 1 is 0.900 bits per heavy atom. The van der Waals surface area contributed by atoms with Gasteiger partial charge in [0.25, 0.3) is 11.8 Å². The van der Waals surface area contributed by atoms with E-state index in [0.717, 1.165) is 5.56 Å². The van der Waals surface area contributed by atoms with Gasteiger partial charge in [-0.25, -0.2) is 5.01 Å². The lowest BCUT2D eigenvalue weighted by Crippen LogP contribution is -2.35. The summed E-state index contributed by atoms with van der Waals surface area (Å²) < 4.78 is 5.91. The van der Waals surface area contributed by atoms with E-state index in [2.05, 4.69) is 5.43 Å². The standard InChI is InChI=1S/C23H16Cl2N2O3/c24-19-11-10-15(12-20(19)25)14-30-21-9-5-4-6-16(21)13-18-22(28)26-27(23(18)29)17-7-2-1-3-8-17/h1-13H,14H2,(H,26,28)/b18-13+. The molecule has 4 rings (SSSR count). The van der Waals surface area contributed by atoms with Crippen molar-refractivity contribution in [1.29, 1.82) is 0 Å². The van der Waals surface area contributed by atoms with Crippen molar-refractivity contribution >= 4 is 46.8 Å². The number of anilines is 1. The van der Waals surface area contributed by atoms with Gasteiger partial charge in [0, 0.05) is 5.56 Å². The Labute approximate surface area is 183 Å². The minimum Gasteiger partial charge on any atom is -0.488 e. The third-order valence-electron chi connectivity index (χ3n) is 4.50. The summed E-state index contributed by atoms with van der Waals surface area (Å²) in [6, 6.07) is 21.4. The Morgan fingerprint density at radius 2 is 1.63 bits per heavy atom. The number of nitrogens with one attached hydrogen (secondary N) is 1. The Bertz CT molecular complexity index is 1150. The largest absolute Gasteiger partial charge is 0.488 e. The third kappa shape index (κ3) is 4.17. The molecule has 5 nitrogen and oxygen atoms in total. The highest BCUT2D eigenvalue weighted by Crippen LogP contribution is 2.27. The van der Waals surface area contributed by atoms with Gasteiger partial charge in [-0.2, -0.15) is 0 Å². The van der Waals surface area contributed by atoms with Crippen molar-refractivity contribution in [3.63, 3.8) is 0 Å². The first-order chi connectivity index (χ1) is 14.5. The highest BCUT2D eigenvalue weighted by molar-refractivity contribution is 6.42. The van der Waals surface area contributed by atoms with Crippen LogP contribution in [0.15, 0.2) is 78.4 Å². The maximum absolute atomic E-state index is 12.8. The number of benzene rings is 3. The maximum Gasteiger partial charge on any atom is 0.282 e. The highest BCUT2D eigenvalue weighted by atomic mass is 35.5. The number of rotatable bonds is 5. The van der Waals surface area contributed by atoms with E-state index in [1.54, 1.807) is 48.5 Å². The summed E-state index contributed by atoms with van der Waals surface area (Å²) in [7, 11) is 0. The summed E-state index contributed by atoms with van der Waals surface area (Å²) in [6.45, 7) is 0.257. The quantitative estimate of drug-likeness (QED) is 0.448.